The molecular weight excluding hydrogens is 244 g/mol. The number of nitrogens with zero attached hydrogens (tertiary/aromatic N) is 1. The van der Waals surface area contributed by atoms with E-state index < -0.39 is 0 Å². The average Bonchev–Trinajstić information content (AvgIpc) is 2.43. The molecule has 5 heteroatoms. The van der Waals surface area contributed by atoms with Gasteiger partial charge < -0.3 is 19.7 Å². The number of benzene rings is 1. The highest BCUT2D eigenvalue weighted by atomic mass is 16.5. The zero-order chi connectivity index (χ0) is 14.4. The van der Waals surface area contributed by atoms with Gasteiger partial charge in [-0.05, 0) is 25.6 Å². The Morgan fingerprint density at radius 1 is 1.26 bits per heavy atom. The molecule has 0 aliphatic carbocycles. The predicted molar refractivity (Wildman–Crippen MR) is 76.2 cm³/mol. The van der Waals surface area contributed by atoms with E-state index in [1.165, 1.54) is 0 Å². The summed E-state index contributed by atoms with van der Waals surface area (Å²) in [5.41, 5.74) is 1.80. The van der Waals surface area contributed by atoms with Crippen LogP contribution in [0.1, 0.15) is 12.0 Å². The third-order valence-electron chi connectivity index (χ3n) is 3.03. The summed E-state index contributed by atoms with van der Waals surface area (Å²) in [5.74, 6) is 1.35. The summed E-state index contributed by atoms with van der Waals surface area (Å²) in [4.78, 5) is 13.7. The molecule has 0 saturated heterocycles. The first kappa shape index (κ1) is 15.3. The summed E-state index contributed by atoms with van der Waals surface area (Å²) in [6, 6.07) is 3.70. The Morgan fingerprint density at radius 2 is 1.84 bits per heavy atom. The van der Waals surface area contributed by atoms with Crippen molar-refractivity contribution in [3.63, 3.8) is 0 Å². The number of carbonyl (C=O) groups is 1. The Morgan fingerprint density at radius 3 is 2.37 bits per heavy atom. The van der Waals surface area contributed by atoms with E-state index in [9.17, 15) is 4.79 Å². The molecule has 0 atom stereocenters. The number of anilines is 1. The highest BCUT2D eigenvalue weighted by molar-refractivity contribution is 5.94. The van der Waals surface area contributed by atoms with Crippen LogP contribution in [0.3, 0.4) is 0 Å². The number of hydrogen-bond acceptors (Lipinski definition) is 4. The van der Waals surface area contributed by atoms with E-state index in [-0.39, 0.29) is 5.91 Å². The first-order valence-corrected chi connectivity index (χ1v) is 6.19. The number of hydrogen-bond donors (Lipinski definition) is 1. The number of methoxy groups -OCH3 is 2. The fraction of sp³-hybridized carbons (Fsp3) is 0.500. The minimum Gasteiger partial charge on any atom is -0.493 e. The molecule has 1 amide bonds. The van der Waals surface area contributed by atoms with E-state index in [0.717, 1.165) is 11.3 Å². The zero-order valence-electron chi connectivity index (χ0n) is 12.2. The van der Waals surface area contributed by atoms with E-state index in [4.69, 9.17) is 9.47 Å². The first-order chi connectivity index (χ1) is 9.04. The molecule has 19 heavy (non-hydrogen) atoms. The van der Waals surface area contributed by atoms with Crippen LogP contribution in [-0.2, 0) is 4.79 Å². The van der Waals surface area contributed by atoms with Crippen LogP contribution in [0.25, 0.3) is 0 Å². The topological polar surface area (TPSA) is 50.8 Å². The molecule has 106 valence electrons. The fourth-order valence-electron chi connectivity index (χ4n) is 1.87. The van der Waals surface area contributed by atoms with Gasteiger partial charge in [-0.15, -0.1) is 0 Å². The lowest BCUT2D eigenvalue weighted by Crippen LogP contribution is -2.29. The number of ether oxygens (including phenoxy) is 2. The lowest BCUT2D eigenvalue weighted by Gasteiger charge is -2.21. The number of aryl methyl sites for hydroxylation is 1. The van der Waals surface area contributed by atoms with Crippen molar-refractivity contribution in [3.8, 4) is 11.5 Å². The molecule has 0 spiro atoms. The van der Waals surface area contributed by atoms with Gasteiger partial charge in [-0.1, -0.05) is 0 Å². The monoisotopic (exact) mass is 266 g/mol. The molecule has 0 heterocycles. The van der Waals surface area contributed by atoms with Crippen LogP contribution in [-0.4, -0.2) is 40.8 Å². The minimum atomic E-state index is 0.0599. The quantitative estimate of drug-likeness (QED) is 0.849. The van der Waals surface area contributed by atoms with Gasteiger partial charge in [0.1, 0.15) is 0 Å². The smallest absolute Gasteiger partial charge is 0.228 e. The van der Waals surface area contributed by atoms with Gasteiger partial charge in [0, 0.05) is 26.1 Å². The summed E-state index contributed by atoms with van der Waals surface area (Å²) in [7, 11) is 6.78. The minimum absolute atomic E-state index is 0.0599. The summed E-state index contributed by atoms with van der Waals surface area (Å²) in [6.07, 6.45) is 0.459. The predicted octanol–water partition coefficient (Wildman–Crippen LogP) is 1.58. The number of carbonyl (C=O) groups excluding carboxylic acids is 1. The second-order valence-corrected chi connectivity index (χ2v) is 4.30. The normalized spacial score (nSPS) is 10.2. The molecule has 0 bridgehead atoms. The summed E-state index contributed by atoms with van der Waals surface area (Å²) >= 11 is 0. The van der Waals surface area contributed by atoms with Crippen LogP contribution in [0.15, 0.2) is 12.1 Å². The van der Waals surface area contributed by atoms with Gasteiger partial charge in [0.25, 0.3) is 0 Å². The van der Waals surface area contributed by atoms with Crippen LogP contribution in [0.4, 0.5) is 5.69 Å². The van der Waals surface area contributed by atoms with E-state index in [1.54, 1.807) is 26.2 Å². The Balaban J connectivity index is 3.02. The van der Waals surface area contributed by atoms with Crippen molar-refractivity contribution in [3.05, 3.63) is 17.7 Å². The molecule has 1 aromatic carbocycles. The lowest BCUT2D eigenvalue weighted by atomic mass is 10.1. The Bertz CT molecular complexity index is 447. The third-order valence-corrected chi connectivity index (χ3v) is 3.03. The van der Waals surface area contributed by atoms with Gasteiger partial charge in [-0.3, -0.25) is 4.79 Å². The molecule has 1 N–H and O–H groups in total. The van der Waals surface area contributed by atoms with E-state index in [2.05, 4.69) is 5.32 Å². The van der Waals surface area contributed by atoms with E-state index in [1.807, 2.05) is 26.1 Å². The standard InChI is InChI=1S/C14H22N2O3/c1-10-8-12(18-4)13(19-5)9-11(10)16(3)14(17)6-7-15-2/h8-9,15H,6-7H2,1-5H3. The Kier molecular flexibility index (Phi) is 5.63. The molecule has 0 aliphatic rings. The third kappa shape index (κ3) is 3.61. The molecule has 1 rings (SSSR count). The second kappa shape index (κ2) is 6.99. The van der Waals surface area contributed by atoms with Crippen molar-refractivity contribution < 1.29 is 14.3 Å². The molecule has 0 unspecified atom stereocenters. The molecule has 5 nitrogen and oxygen atoms in total. The van der Waals surface area contributed by atoms with Crippen molar-refractivity contribution in [2.45, 2.75) is 13.3 Å². The van der Waals surface area contributed by atoms with E-state index in [0.29, 0.717) is 24.5 Å². The zero-order valence-corrected chi connectivity index (χ0v) is 12.2. The number of rotatable bonds is 6. The summed E-state index contributed by atoms with van der Waals surface area (Å²) in [6.45, 7) is 2.61. The molecule has 0 radical (unpaired) electrons. The maximum Gasteiger partial charge on any atom is 0.228 e. The van der Waals surface area contributed by atoms with Gasteiger partial charge in [0.2, 0.25) is 5.91 Å². The summed E-state index contributed by atoms with van der Waals surface area (Å²) in [5, 5.41) is 2.97. The number of nitrogens with one attached hydrogen (secondary N) is 1. The maximum atomic E-state index is 12.0. The highest BCUT2D eigenvalue weighted by Gasteiger charge is 2.16. The average molecular weight is 266 g/mol. The largest absolute Gasteiger partial charge is 0.493 e. The van der Waals surface area contributed by atoms with Gasteiger partial charge in [0.15, 0.2) is 11.5 Å². The van der Waals surface area contributed by atoms with Crippen molar-refractivity contribution >= 4 is 11.6 Å². The van der Waals surface area contributed by atoms with Crippen LogP contribution in [0, 0.1) is 6.92 Å². The van der Waals surface area contributed by atoms with Crippen LogP contribution < -0.4 is 19.7 Å². The highest BCUT2D eigenvalue weighted by Crippen LogP contribution is 2.34. The van der Waals surface area contributed by atoms with Crippen LogP contribution >= 0.6 is 0 Å². The van der Waals surface area contributed by atoms with Gasteiger partial charge in [-0.25, -0.2) is 0 Å². The molecular formula is C14H22N2O3. The van der Waals surface area contributed by atoms with Crippen molar-refractivity contribution in [2.75, 3.05) is 39.8 Å². The molecule has 1 aromatic rings. The molecule has 0 saturated carbocycles. The maximum absolute atomic E-state index is 12.0. The fourth-order valence-corrected chi connectivity index (χ4v) is 1.87. The Hall–Kier alpha value is -1.75. The molecule has 0 aromatic heterocycles. The van der Waals surface area contributed by atoms with Crippen molar-refractivity contribution in [1.29, 1.82) is 0 Å². The van der Waals surface area contributed by atoms with Crippen LogP contribution in [0.2, 0.25) is 0 Å². The Labute approximate surface area is 114 Å². The molecule has 0 fully saturated rings. The van der Waals surface area contributed by atoms with E-state index >= 15 is 0 Å². The lowest BCUT2D eigenvalue weighted by molar-refractivity contribution is -0.118. The molecule has 0 aliphatic heterocycles. The van der Waals surface area contributed by atoms with Crippen molar-refractivity contribution in [2.24, 2.45) is 0 Å². The van der Waals surface area contributed by atoms with Gasteiger partial charge in [-0.2, -0.15) is 0 Å². The SMILES string of the molecule is CNCCC(=O)N(C)c1cc(OC)c(OC)cc1C. The van der Waals surface area contributed by atoms with Gasteiger partial charge >= 0.3 is 0 Å². The first-order valence-electron chi connectivity index (χ1n) is 6.19. The van der Waals surface area contributed by atoms with Crippen LogP contribution in [0.5, 0.6) is 11.5 Å². The number of amides is 1. The van der Waals surface area contributed by atoms with Crippen molar-refractivity contribution in [1.82, 2.24) is 5.32 Å². The second-order valence-electron chi connectivity index (χ2n) is 4.30. The summed E-state index contributed by atoms with van der Waals surface area (Å²) < 4.78 is 10.5. The van der Waals surface area contributed by atoms with Gasteiger partial charge in [0.05, 0.1) is 19.9 Å².